The number of sulfonamides is 1. The number of nitrogens with zero attached hydrogens (tertiary/aromatic N) is 1. The van der Waals surface area contributed by atoms with Gasteiger partial charge in [-0.2, -0.15) is 0 Å². The van der Waals surface area contributed by atoms with Gasteiger partial charge in [-0.3, -0.25) is 0 Å². The van der Waals surface area contributed by atoms with Crippen LogP contribution in [0.3, 0.4) is 0 Å². The lowest BCUT2D eigenvalue weighted by atomic mass is 10.0. The molecule has 0 bridgehead atoms. The van der Waals surface area contributed by atoms with Crippen LogP contribution in [0.25, 0.3) is 0 Å². The summed E-state index contributed by atoms with van der Waals surface area (Å²) < 4.78 is 26.6. The summed E-state index contributed by atoms with van der Waals surface area (Å²) in [6, 6.07) is 0. The van der Waals surface area contributed by atoms with E-state index in [1.54, 1.807) is 0 Å². The number of H-pyrrole nitrogens is 1. The fourth-order valence-electron chi connectivity index (χ4n) is 1.57. The molecule has 0 spiro atoms. The van der Waals surface area contributed by atoms with Crippen molar-refractivity contribution < 1.29 is 8.42 Å². The van der Waals surface area contributed by atoms with Crippen LogP contribution in [0.1, 0.15) is 32.5 Å². The number of rotatable bonds is 8. The number of nitrogens with one attached hydrogen (secondary N) is 2. The predicted molar refractivity (Wildman–Crippen MR) is 75.3 cm³/mol. The van der Waals surface area contributed by atoms with Crippen LogP contribution in [0.15, 0.2) is 11.2 Å². The van der Waals surface area contributed by atoms with Crippen molar-refractivity contribution in [2.45, 2.75) is 38.1 Å². The number of hydrogen-bond acceptors (Lipinski definition) is 3. The van der Waals surface area contributed by atoms with Gasteiger partial charge in [0.15, 0.2) is 5.03 Å². The Labute approximate surface area is 117 Å². The quantitative estimate of drug-likeness (QED) is 0.713. The van der Waals surface area contributed by atoms with Gasteiger partial charge in [-0.05, 0) is 12.3 Å². The molecule has 0 saturated carbocycles. The van der Waals surface area contributed by atoms with Gasteiger partial charge in [-0.25, -0.2) is 18.1 Å². The molecule has 0 radical (unpaired) electrons. The minimum absolute atomic E-state index is 0.146. The highest BCUT2D eigenvalue weighted by molar-refractivity contribution is 9.09. The van der Waals surface area contributed by atoms with E-state index in [1.807, 2.05) is 6.92 Å². The van der Waals surface area contributed by atoms with Crippen molar-refractivity contribution in [2.24, 2.45) is 5.92 Å². The van der Waals surface area contributed by atoms with Crippen LogP contribution >= 0.6 is 15.9 Å². The van der Waals surface area contributed by atoms with Gasteiger partial charge >= 0.3 is 0 Å². The minimum atomic E-state index is -3.46. The van der Waals surface area contributed by atoms with E-state index in [1.165, 1.54) is 6.20 Å². The molecule has 1 atom stereocenters. The van der Waals surface area contributed by atoms with Gasteiger partial charge in [0.25, 0.3) is 10.0 Å². The summed E-state index contributed by atoms with van der Waals surface area (Å²) in [4.78, 5) is 6.81. The highest BCUT2D eigenvalue weighted by Crippen LogP contribution is 2.11. The summed E-state index contributed by atoms with van der Waals surface area (Å²) in [5.41, 5.74) is 0. The molecule has 104 valence electrons. The van der Waals surface area contributed by atoms with Crippen LogP contribution in [-0.4, -0.2) is 30.3 Å². The van der Waals surface area contributed by atoms with Crippen molar-refractivity contribution in [3.05, 3.63) is 12.0 Å². The van der Waals surface area contributed by atoms with Crippen molar-refractivity contribution in [1.82, 2.24) is 14.7 Å². The van der Waals surface area contributed by atoms with Crippen molar-refractivity contribution in [3.63, 3.8) is 0 Å². The maximum absolute atomic E-state index is 12.0. The molecule has 0 aliphatic rings. The minimum Gasteiger partial charge on any atom is -0.332 e. The Kier molecular flexibility index (Phi) is 6.31. The first kappa shape index (κ1) is 15.7. The number of alkyl halides is 1. The molecular formula is C11H20BrN3O2S. The second-order valence-electron chi connectivity index (χ2n) is 4.15. The van der Waals surface area contributed by atoms with Gasteiger partial charge < -0.3 is 4.98 Å². The summed E-state index contributed by atoms with van der Waals surface area (Å²) in [7, 11) is -3.46. The van der Waals surface area contributed by atoms with Crippen molar-refractivity contribution in [1.29, 1.82) is 0 Å². The van der Waals surface area contributed by atoms with E-state index in [0.717, 1.165) is 18.2 Å². The summed E-state index contributed by atoms with van der Waals surface area (Å²) in [6.45, 7) is 4.45. The topological polar surface area (TPSA) is 74.8 Å². The third-order valence-electron chi connectivity index (χ3n) is 2.89. The monoisotopic (exact) mass is 337 g/mol. The Morgan fingerprint density at radius 3 is 2.72 bits per heavy atom. The highest BCUT2D eigenvalue weighted by atomic mass is 79.9. The third kappa shape index (κ3) is 4.37. The summed E-state index contributed by atoms with van der Waals surface area (Å²) in [6.07, 6.45) is 3.98. The van der Waals surface area contributed by atoms with Crippen LogP contribution in [0.5, 0.6) is 0 Å². The molecule has 0 saturated heterocycles. The molecule has 1 heterocycles. The van der Waals surface area contributed by atoms with E-state index in [4.69, 9.17) is 0 Å². The third-order valence-corrected chi connectivity index (χ3v) is 4.68. The molecule has 5 nitrogen and oxygen atoms in total. The molecule has 2 N–H and O–H groups in total. The largest absolute Gasteiger partial charge is 0.332 e. The fourth-order valence-corrected chi connectivity index (χ4v) is 3.27. The number of aryl methyl sites for hydroxylation is 1. The van der Waals surface area contributed by atoms with E-state index in [9.17, 15) is 8.42 Å². The van der Waals surface area contributed by atoms with Crippen molar-refractivity contribution in [3.8, 4) is 0 Å². The molecule has 0 amide bonds. The van der Waals surface area contributed by atoms with Crippen LogP contribution in [-0.2, 0) is 16.4 Å². The summed E-state index contributed by atoms with van der Waals surface area (Å²) in [5.74, 6) is 1.04. The second-order valence-corrected chi connectivity index (χ2v) is 6.68. The number of aromatic amines is 1. The Balaban J connectivity index is 2.64. The van der Waals surface area contributed by atoms with Gasteiger partial charge in [0, 0.05) is 18.3 Å². The van der Waals surface area contributed by atoms with Gasteiger partial charge in [0.2, 0.25) is 0 Å². The lowest BCUT2D eigenvalue weighted by Crippen LogP contribution is -2.29. The van der Waals surface area contributed by atoms with Gasteiger partial charge in [0.05, 0.1) is 6.20 Å². The molecule has 0 aliphatic heterocycles. The molecular weight excluding hydrogens is 318 g/mol. The molecule has 1 unspecified atom stereocenters. The number of imidazole rings is 1. The van der Waals surface area contributed by atoms with Crippen molar-refractivity contribution >= 4 is 26.0 Å². The highest BCUT2D eigenvalue weighted by Gasteiger charge is 2.18. The van der Waals surface area contributed by atoms with E-state index < -0.39 is 10.0 Å². The first-order valence-electron chi connectivity index (χ1n) is 6.13. The molecule has 0 fully saturated rings. The first-order chi connectivity index (χ1) is 8.53. The molecule has 0 aromatic carbocycles. The Bertz CT molecular complexity index is 459. The molecule has 18 heavy (non-hydrogen) atoms. The maximum Gasteiger partial charge on any atom is 0.257 e. The maximum atomic E-state index is 12.0. The van der Waals surface area contributed by atoms with Crippen LogP contribution < -0.4 is 4.72 Å². The zero-order valence-corrected chi connectivity index (χ0v) is 13.1. The van der Waals surface area contributed by atoms with Crippen LogP contribution in [0.2, 0.25) is 0 Å². The fraction of sp³-hybridized carbons (Fsp3) is 0.727. The average Bonchev–Trinajstić information content (AvgIpc) is 2.84. The van der Waals surface area contributed by atoms with E-state index in [2.05, 4.69) is 37.5 Å². The van der Waals surface area contributed by atoms with E-state index in [-0.39, 0.29) is 5.03 Å². The van der Waals surface area contributed by atoms with E-state index >= 15 is 0 Å². The number of aromatic nitrogens is 2. The SMILES string of the molecule is CCc1ncc(S(=O)(=O)NCC(CC)CCBr)[nH]1. The Morgan fingerprint density at radius 2 is 2.22 bits per heavy atom. The Morgan fingerprint density at radius 1 is 1.50 bits per heavy atom. The standard InChI is InChI=1S/C11H20BrN3O2S/c1-3-9(5-6-12)7-14-18(16,17)11-8-13-10(4-2)15-11/h8-9,14H,3-7H2,1-2H3,(H,13,15). The normalized spacial score (nSPS) is 13.7. The van der Waals surface area contributed by atoms with Crippen LogP contribution in [0.4, 0.5) is 0 Å². The average molecular weight is 338 g/mol. The van der Waals surface area contributed by atoms with Gasteiger partial charge in [-0.15, -0.1) is 0 Å². The molecule has 1 aromatic rings. The molecule has 0 aliphatic carbocycles. The lowest BCUT2D eigenvalue weighted by molar-refractivity contribution is 0.482. The first-order valence-corrected chi connectivity index (χ1v) is 8.73. The molecule has 1 aromatic heterocycles. The number of hydrogen-bond donors (Lipinski definition) is 2. The molecule has 7 heteroatoms. The second kappa shape index (κ2) is 7.25. The zero-order chi connectivity index (χ0) is 13.6. The predicted octanol–water partition coefficient (Wildman–Crippen LogP) is 2.06. The van der Waals surface area contributed by atoms with Gasteiger partial charge in [-0.1, -0.05) is 36.2 Å². The van der Waals surface area contributed by atoms with Crippen molar-refractivity contribution in [2.75, 3.05) is 11.9 Å². The Hall–Kier alpha value is -0.400. The number of halogens is 1. The zero-order valence-electron chi connectivity index (χ0n) is 10.7. The smallest absolute Gasteiger partial charge is 0.257 e. The molecule has 1 rings (SSSR count). The van der Waals surface area contributed by atoms with E-state index in [0.29, 0.717) is 24.7 Å². The summed E-state index contributed by atoms with van der Waals surface area (Å²) >= 11 is 3.38. The lowest BCUT2D eigenvalue weighted by Gasteiger charge is -2.13. The van der Waals surface area contributed by atoms with Crippen LogP contribution in [0, 0.1) is 5.92 Å². The summed E-state index contributed by atoms with van der Waals surface area (Å²) in [5, 5.41) is 1.03. The van der Waals surface area contributed by atoms with Gasteiger partial charge in [0.1, 0.15) is 5.82 Å².